The Labute approximate surface area is 143 Å². The van der Waals surface area contributed by atoms with Crippen LogP contribution in [0.4, 0.5) is 13.2 Å². The largest absolute Gasteiger partial charge is 0.266 e. The molecule has 2 atom stereocenters. The summed E-state index contributed by atoms with van der Waals surface area (Å²) < 4.78 is 39.4. The van der Waals surface area contributed by atoms with Gasteiger partial charge in [0, 0.05) is 0 Å². The Kier molecular flexibility index (Phi) is 5.89. The van der Waals surface area contributed by atoms with Crippen molar-refractivity contribution in [1.82, 2.24) is 0 Å². The van der Waals surface area contributed by atoms with E-state index < -0.39 is 17.8 Å². The summed E-state index contributed by atoms with van der Waals surface area (Å²) in [7, 11) is 0. The molecule has 3 heteroatoms. The fourth-order valence-corrected chi connectivity index (χ4v) is 5.00. The van der Waals surface area contributed by atoms with Gasteiger partial charge in [0.25, 0.3) is 6.43 Å². The summed E-state index contributed by atoms with van der Waals surface area (Å²) >= 11 is 0. The molecule has 0 N–H and O–H groups in total. The van der Waals surface area contributed by atoms with E-state index >= 15 is 0 Å². The lowest BCUT2D eigenvalue weighted by molar-refractivity contribution is 0.146. The molecule has 134 valence electrons. The Morgan fingerprint density at radius 1 is 1.00 bits per heavy atom. The molecule has 0 spiro atoms. The molecule has 2 aliphatic rings. The first-order valence-electron chi connectivity index (χ1n) is 9.66. The number of rotatable bonds is 4. The van der Waals surface area contributed by atoms with Crippen LogP contribution in [-0.2, 0) is 0 Å². The molecule has 0 unspecified atom stereocenters. The van der Waals surface area contributed by atoms with Crippen LogP contribution in [0, 0.1) is 23.6 Å². The highest BCUT2D eigenvalue weighted by molar-refractivity contribution is 5.28. The summed E-state index contributed by atoms with van der Waals surface area (Å²) in [6.07, 6.45) is 8.62. The highest BCUT2D eigenvalue weighted by Gasteiger charge is 2.32. The Balaban J connectivity index is 1.64. The number of hydrogen-bond donors (Lipinski definition) is 0. The van der Waals surface area contributed by atoms with Gasteiger partial charge in [-0.1, -0.05) is 51.2 Å². The average molecular weight is 338 g/mol. The van der Waals surface area contributed by atoms with Gasteiger partial charge in [-0.15, -0.1) is 0 Å². The van der Waals surface area contributed by atoms with E-state index in [4.69, 9.17) is 0 Å². The molecular formula is C21H29F3. The Bertz CT molecular complexity index is 532. The van der Waals surface area contributed by atoms with Gasteiger partial charge < -0.3 is 0 Å². The van der Waals surface area contributed by atoms with Gasteiger partial charge >= 0.3 is 0 Å². The average Bonchev–Trinajstić information content (AvgIpc) is 2.61. The fourth-order valence-electron chi connectivity index (χ4n) is 5.00. The number of alkyl halides is 2. The van der Waals surface area contributed by atoms with Crippen LogP contribution in [0.2, 0.25) is 0 Å². The van der Waals surface area contributed by atoms with Crippen molar-refractivity contribution >= 4 is 0 Å². The van der Waals surface area contributed by atoms with Crippen LogP contribution in [0.25, 0.3) is 0 Å². The molecule has 1 aromatic rings. The zero-order chi connectivity index (χ0) is 17.1. The summed E-state index contributed by atoms with van der Waals surface area (Å²) in [5.74, 6) is 2.07. The van der Waals surface area contributed by atoms with Crippen LogP contribution in [0.5, 0.6) is 0 Å². The summed E-state index contributed by atoms with van der Waals surface area (Å²) in [5.41, 5.74) is 0.452. The number of benzene rings is 1. The fraction of sp³-hybridized carbons (Fsp3) is 0.714. The topological polar surface area (TPSA) is 0 Å². The maximum Gasteiger partial charge on any atom is 0.266 e. The lowest BCUT2D eigenvalue weighted by Gasteiger charge is -2.38. The second-order valence-electron chi connectivity index (χ2n) is 7.89. The molecule has 3 rings (SSSR count). The molecule has 24 heavy (non-hydrogen) atoms. The maximum atomic E-state index is 13.9. The van der Waals surface area contributed by atoms with Crippen molar-refractivity contribution in [2.45, 2.75) is 77.1 Å². The third-order valence-corrected chi connectivity index (χ3v) is 6.58. The van der Waals surface area contributed by atoms with E-state index in [0.29, 0.717) is 5.92 Å². The van der Waals surface area contributed by atoms with Gasteiger partial charge in [-0.25, -0.2) is 13.2 Å². The molecular weight excluding hydrogens is 309 g/mol. The van der Waals surface area contributed by atoms with Crippen LogP contribution in [-0.4, -0.2) is 0 Å². The van der Waals surface area contributed by atoms with Crippen molar-refractivity contribution in [2.75, 3.05) is 0 Å². The first-order valence-corrected chi connectivity index (χ1v) is 9.66. The summed E-state index contributed by atoms with van der Waals surface area (Å²) in [6.45, 7) is 2.29. The second-order valence-corrected chi connectivity index (χ2v) is 7.89. The molecule has 0 radical (unpaired) electrons. The molecule has 2 fully saturated rings. The van der Waals surface area contributed by atoms with Crippen molar-refractivity contribution in [3.05, 3.63) is 35.1 Å². The number of halogens is 3. The first kappa shape index (κ1) is 17.8. The Morgan fingerprint density at radius 2 is 1.75 bits per heavy atom. The molecule has 0 nitrogen and oxygen atoms in total. The molecule has 0 amide bonds. The Hall–Kier alpha value is -0.990. The Morgan fingerprint density at radius 3 is 2.38 bits per heavy atom. The van der Waals surface area contributed by atoms with Crippen LogP contribution >= 0.6 is 0 Å². The van der Waals surface area contributed by atoms with Crippen LogP contribution in [0.3, 0.4) is 0 Å². The van der Waals surface area contributed by atoms with Crippen molar-refractivity contribution < 1.29 is 13.2 Å². The summed E-state index contributed by atoms with van der Waals surface area (Å²) in [6, 6.07) is 4.37. The van der Waals surface area contributed by atoms with Gasteiger partial charge in [0.2, 0.25) is 0 Å². The second kappa shape index (κ2) is 7.93. The van der Waals surface area contributed by atoms with Crippen LogP contribution < -0.4 is 0 Å². The van der Waals surface area contributed by atoms with Crippen molar-refractivity contribution in [3.8, 4) is 0 Å². The molecule has 0 aliphatic heterocycles. The first-order chi connectivity index (χ1) is 11.6. The molecule has 0 aromatic heterocycles. The summed E-state index contributed by atoms with van der Waals surface area (Å²) in [4.78, 5) is 0. The van der Waals surface area contributed by atoms with Crippen molar-refractivity contribution in [2.24, 2.45) is 17.8 Å². The quantitative estimate of drug-likeness (QED) is 0.542. The van der Waals surface area contributed by atoms with Gasteiger partial charge in [0.05, 0.1) is 5.56 Å². The highest BCUT2D eigenvalue weighted by atomic mass is 19.3. The van der Waals surface area contributed by atoms with Gasteiger partial charge in [0.15, 0.2) is 0 Å². The van der Waals surface area contributed by atoms with E-state index in [2.05, 4.69) is 6.92 Å². The summed E-state index contributed by atoms with van der Waals surface area (Å²) in [5, 5.41) is 0. The predicted molar refractivity (Wildman–Crippen MR) is 91.8 cm³/mol. The van der Waals surface area contributed by atoms with E-state index in [1.807, 2.05) is 0 Å². The van der Waals surface area contributed by atoms with Gasteiger partial charge in [-0.2, -0.15) is 0 Å². The molecule has 2 aliphatic carbocycles. The van der Waals surface area contributed by atoms with Crippen molar-refractivity contribution in [1.29, 1.82) is 0 Å². The smallest absolute Gasteiger partial charge is 0.206 e. The van der Waals surface area contributed by atoms with Gasteiger partial charge in [-0.3, -0.25) is 0 Å². The van der Waals surface area contributed by atoms with E-state index in [0.717, 1.165) is 36.2 Å². The minimum absolute atomic E-state index is 0.342. The van der Waals surface area contributed by atoms with Gasteiger partial charge in [0.1, 0.15) is 5.82 Å². The minimum Gasteiger partial charge on any atom is -0.206 e. The SMILES string of the molecule is CCC1CCC([C@H]2CCC[C@H](c3ccc(C(F)F)c(F)c3)C2)CC1. The molecule has 0 heterocycles. The standard InChI is InChI=1S/C21H29F3/c1-2-14-6-8-15(9-7-14)16-4-3-5-17(12-16)18-10-11-19(21(23)24)20(22)13-18/h10-11,13-17,21H,2-9,12H2,1H3/t14?,15?,16-,17-/m0/s1. The third-order valence-electron chi connectivity index (χ3n) is 6.58. The van der Waals surface area contributed by atoms with Crippen molar-refractivity contribution in [3.63, 3.8) is 0 Å². The lowest BCUT2D eigenvalue weighted by atomic mass is 9.67. The van der Waals surface area contributed by atoms with Crippen LogP contribution in [0.15, 0.2) is 18.2 Å². The lowest BCUT2D eigenvalue weighted by Crippen LogP contribution is -2.26. The molecule has 0 saturated heterocycles. The van der Waals surface area contributed by atoms with E-state index in [-0.39, 0.29) is 0 Å². The zero-order valence-corrected chi connectivity index (χ0v) is 14.6. The monoisotopic (exact) mass is 338 g/mol. The normalized spacial score (nSPS) is 31.4. The van der Waals surface area contributed by atoms with Gasteiger partial charge in [-0.05, 0) is 61.0 Å². The number of hydrogen-bond acceptors (Lipinski definition) is 0. The third kappa shape index (κ3) is 3.97. The minimum atomic E-state index is -2.73. The molecule has 1 aromatic carbocycles. The van der Waals surface area contributed by atoms with E-state index in [1.54, 1.807) is 6.07 Å². The highest BCUT2D eigenvalue weighted by Crippen LogP contribution is 2.45. The van der Waals surface area contributed by atoms with Crippen LogP contribution in [0.1, 0.15) is 88.2 Å². The van der Waals surface area contributed by atoms with E-state index in [1.165, 1.54) is 57.1 Å². The zero-order valence-electron chi connectivity index (χ0n) is 14.6. The maximum absolute atomic E-state index is 13.9. The predicted octanol–water partition coefficient (Wildman–Crippen LogP) is 7.25. The molecule has 2 saturated carbocycles. The van der Waals surface area contributed by atoms with E-state index in [9.17, 15) is 13.2 Å². The molecule has 0 bridgehead atoms.